The van der Waals surface area contributed by atoms with Crippen molar-refractivity contribution in [2.24, 2.45) is 0 Å². The van der Waals surface area contributed by atoms with Crippen LogP contribution in [-0.4, -0.2) is 45.2 Å². The van der Waals surface area contributed by atoms with E-state index >= 15 is 0 Å². The minimum atomic E-state index is -1.24. The zero-order valence-corrected chi connectivity index (χ0v) is 12.2. The molecule has 5 unspecified atom stereocenters. The number of methoxy groups -OCH3 is 1. The molecule has 2 aromatic heterocycles. The third-order valence-corrected chi connectivity index (χ3v) is 3.79. The van der Waals surface area contributed by atoms with E-state index in [0.717, 1.165) is 10.6 Å². The van der Waals surface area contributed by atoms with Crippen LogP contribution in [0.15, 0.2) is 44.7 Å². The molecule has 2 aromatic rings. The molecule has 5 atom stereocenters. The smallest absolute Gasteiger partial charge is 0.330 e. The first-order chi connectivity index (χ1) is 11.0. The van der Waals surface area contributed by atoms with Gasteiger partial charge in [-0.2, -0.15) is 0 Å². The van der Waals surface area contributed by atoms with Crippen molar-refractivity contribution >= 4 is 0 Å². The van der Waals surface area contributed by atoms with Crippen molar-refractivity contribution in [1.82, 2.24) is 9.55 Å². The van der Waals surface area contributed by atoms with Crippen LogP contribution < -0.4 is 11.2 Å². The van der Waals surface area contributed by atoms with Gasteiger partial charge < -0.3 is 24.1 Å². The first-order valence-corrected chi connectivity index (χ1v) is 6.92. The second-order valence-corrected chi connectivity index (χ2v) is 5.16. The van der Waals surface area contributed by atoms with Gasteiger partial charge in [-0.15, -0.1) is 0 Å². The summed E-state index contributed by atoms with van der Waals surface area (Å²) in [5.74, 6) is 0.221. The Hall–Kier alpha value is -2.20. The standard InChI is InChI=1S/C14H16N2O7/c1-21-12-10(19)11(9(18)7-3-2-6-22-7)23-13(12)16-5-4-8(17)15-14(16)20/h2-6,9-13,18-19H,1H3,(H,15,17,20). The molecule has 9 nitrogen and oxygen atoms in total. The summed E-state index contributed by atoms with van der Waals surface area (Å²) in [4.78, 5) is 25.2. The zero-order chi connectivity index (χ0) is 16.6. The van der Waals surface area contributed by atoms with Crippen molar-refractivity contribution in [1.29, 1.82) is 0 Å². The minimum absolute atomic E-state index is 0.221. The fourth-order valence-corrected chi connectivity index (χ4v) is 2.66. The Morgan fingerprint density at radius 3 is 2.78 bits per heavy atom. The summed E-state index contributed by atoms with van der Waals surface area (Å²) in [7, 11) is 1.35. The maximum Gasteiger partial charge on any atom is 0.330 e. The molecule has 1 fully saturated rings. The first kappa shape index (κ1) is 15.7. The molecule has 3 rings (SSSR count). The number of furan rings is 1. The fraction of sp³-hybridized carbons (Fsp3) is 0.429. The SMILES string of the molecule is COC1C(O)C(C(O)c2ccco2)OC1n1ccc(=O)[nH]c1=O. The summed E-state index contributed by atoms with van der Waals surface area (Å²) in [6.07, 6.45) is -2.79. The molecule has 0 bridgehead atoms. The minimum Gasteiger partial charge on any atom is -0.466 e. The lowest BCUT2D eigenvalue weighted by Gasteiger charge is -2.20. The van der Waals surface area contributed by atoms with Crippen LogP contribution in [-0.2, 0) is 9.47 Å². The lowest BCUT2D eigenvalue weighted by atomic mass is 10.0. The zero-order valence-electron chi connectivity index (χ0n) is 12.2. The second-order valence-electron chi connectivity index (χ2n) is 5.16. The van der Waals surface area contributed by atoms with Crippen molar-refractivity contribution in [2.75, 3.05) is 7.11 Å². The van der Waals surface area contributed by atoms with Gasteiger partial charge in [0.2, 0.25) is 0 Å². The number of aliphatic hydroxyl groups excluding tert-OH is 2. The van der Waals surface area contributed by atoms with Gasteiger partial charge in [-0.05, 0) is 12.1 Å². The number of ether oxygens (including phenoxy) is 2. The molecule has 0 aromatic carbocycles. The number of aromatic amines is 1. The van der Waals surface area contributed by atoms with Crippen LogP contribution in [0.4, 0.5) is 0 Å². The van der Waals surface area contributed by atoms with Crippen LogP contribution in [0.3, 0.4) is 0 Å². The van der Waals surface area contributed by atoms with Crippen LogP contribution >= 0.6 is 0 Å². The quantitative estimate of drug-likeness (QED) is 0.667. The Morgan fingerprint density at radius 1 is 1.39 bits per heavy atom. The van der Waals surface area contributed by atoms with E-state index in [1.165, 1.54) is 19.6 Å². The molecule has 1 aliphatic heterocycles. The van der Waals surface area contributed by atoms with Crippen molar-refractivity contribution in [3.8, 4) is 0 Å². The summed E-state index contributed by atoms with van der Waals surface area (Å²) in [5.41, 5.74) is -1.25. The molecule has 0 aliphatic carbocycles. The predicted octanol–water partition coefficient (Wildman–Crippen LogP) is -0.864. The van der Waals surface area contributed by atoms with E-state index in [9.17, 15) is 19.8 Å². The molecule has 0 radical (unpaired) electrons. The highest BCUT2D eigenvalue weighted by Gasteiger charge is 2.49. The number of nitrogens with one attached hydrogen (secondary N) is 1. The molecule has 3 heterocycles. The summed E-state index contributed by atoms with van der Waals surface area (Å²) < 4.78 is 17.0. The number of nitrogens with zero attached hydrogens (tertiary/aromatic N) is 1. The van der Waals surface area contributed by atoms with Gasteiger partial charge in [0.05, 0.1) is 6.26 Å². The van der Waals surface area contributed by atoms with Crippen LogP contribution in [0.2, 0.25) is 0 Å². The topological polar surface area (TPSA) is 127 Å². The maximum atomic E-state index is 11.9. The van der Waals surface area contributed by atoms with E-state index in [2.05, 4.69) is 4.98 Å². The average molecular weight is 324 g/mol. The molecular weight excluding hydrogens is 308 g/mol. The van der Waals surface area contributed by atoms with Gasteiger partial charge in [-0.1, -0.05) is 0 Å². The fourth-order valence-electron chi connectivity index (χ4n) is 2.66. The van der Waals surface area contributed by atoms with Crippen LogP contribution in [0.25, 0.3) is 0 Å². The monoisotopic (exact) mass is 324 g/mol. The van der Waals surface area contributed by atoms with E-state index in [4.69, 9.17) is 13.9 Å². The lowest BCUT2D eigenvalue weighted by Crippen LogP contribution is -2.39. The van der Waals surface area contributed by atoms with E-state index in [1.54, 1.807) is 12.1 Å². The normalized spacial score (nSPS) is 28.8. The van der Waals surface area contributed by atoms with Gasteiger partial charge in [-0.25, -0.2) is 4.79 Å². The summed E-state index contributed by atoms with van der Waals surface area (Å²) in [6.45, 7) is 0. The number of hydrogen-bond acceptors (Lipinski definition) is 7. The molecule has 23 heavy (non-hydrogen) atoms. The number of aliphatic hydroxyl groups is 2. The first-order valence-electron chi connectivity index (χ1n) is 6.92. The number of hydrogen-bond donors (Lipinski definition) is 3. The second kappa shape index (κ2) is 6.13. The van der Waals surface area contributed by atoms with Crippen LogP contribution in [0.1, 0.15) is 18.1 Å². The predicted molar refractivity (Wildman–Crippen MR) is 75.7 cm³/mol. The van der Waals surface area contributed by atoms with Gasteiger partial charge in [0, 0.05) is 19.4 Å². The van der Waals surface area contributed by atoms with Gasteiger partial charge in [-0.3, -0.25) is 14.3 Å². The Morgan fingerprint density at radius 2 is 2.17 bits per heavy atom. The highest BCUT2D eigenvalue weighted by molar-refractivity contribution is 5.07. The molecule has 1 saturated heterocycles. The third kappa shape index (κ3) is 2.75. The molecule has 124 valence electrons. The van der Waals surface area contributed by atoms with Crippen molar-refractivity contribution < 1.29 is 24.1 Å². The highest BCUT2D eigenvalue weighted by Crippen LogP contribution is 2.36. The maximum absolute atomic E-state index is 11.9. The molecule has 0 amide bonds. The van der Waals surface area contributed by atoms with Crippen molar-refractivity contribution in [3.05, 3.63) is 57.3 Å². The molecule has 3 N–H and O–H groups in total. The van der Waals surface area contributed by atoms with Gasteiger partial charge in [0.15, 0.2) is 6.23 Å². The Labute approximate surface area is 129 Å². The van der Waals surface area contributed by atoms with E-state index in [-0.39, 0.29) is 5.76 Å². The molecule has 9 heteroatoms. The molecule has 0 saturated carbocycles. The summed E-state index contributed by atoms with van der Waals surface area (Å²) in [6, 6.07) is 4.29. The Kier molecular flexibility index (Phi) is 4.18. The highest BCUT2D eigenvalue weighted by atomic mass is 16.6. The summed E-state index contributed by atoms with van der Waals surface area (Å²) in [5, 5.41) is 20.6. The number of rotatable bonds is 4. The van der Waals surface area contributed by atoms with E-state index in [1.807, 2.05) is 0 Å². The van der Waals surface area contributed by atoms with Gasteiger partial charge >= 0.3 is 5.69 Å². The molecule has 0 spiro atoms. The van der Waals surface area contributed by atoms with Gasteiger partial charge in [0.25, 0.3) is 5.56 Å². The van der Waals surface area contributed by atoms with E-state index in [0.29, 0.717) is 0 Å². The summed E-state index contributed by atoms with van der Waals surface area (Å²) >= 11 is 0. The lowest BCUT2D eigenvalue weighted by molar-refractivity contribution is -0.0939. The van der Waals surface area contributed by atoms with Crippen molar-refractivity contribution in [2.45, 2.75) is 30.6 Å². The largest absolute Gasteiger partial charge is 0.466 e. The number of H-pyrrole nitrogens is 1. The number of aromatic nitrogens is 2. The average Bonchev–Trinajstić information content (AvgIpc) is 3.14. The van der Waals surface area contributed by atoms with Crippen molar-refractivity contribution in [3.63, 3.8) is 0 Å². The molecule has 1 aliphatic rings. The van der Waals surface area contributed by atoms with E-state index < -0.39 is 41.9 Å². The third-order valence-electron chi connectivity index (χ3n) is 3.79. The Bertz CT molecular complexity index is 766. The molecular formula is C14H16N2O7. The van der Waals surface area contributed by atoms with Gasteiger partial charge in [0.1, 0.15) is 30.2 Å². The Balaban J connectivity index is 1.93. The van der Waals surface area contributed by atoms with Crippen LogP contribution in [0, 0.1) is 0 Å². The van der Waals surface area contributed by atoms with Crippen LogP contribution in [0.5, 0.6) is 0 Å².